The second-order valence-corrected chi connectivity index (χ2v) is 5.10. The average molecular weight is 302 g/mol. The average Bonchev–Trinajstić information content (AvgIpc) is 2.88. The molecule has 0 fully saturated rings. The number of benzene rings is 1. The Morgan fingerprint density at radius 3 is 2.95 bits per heavy atom. The largest absolute Gasteiger partial charge is 0.506 e. The number of phenols is 1. The molecule has 1 aliphatic heterocycles. The fourth-order valence-corrected chi connectivity index (χ4v) is 2.77. The van der Waals surface area contributed by atoms with E-state index in [1.54, 1.807) is 6.07 Å². The molecule has 8 nitrogen and oxygen atoms in total. The Balaban J connectivity index is 2.09. The molecule has 1 N–H and O–H groups in total. The molecule has 2 heterocycles. The van der Waals surface area contributed by atoms with E-state index in [1.807, 2.05) is 6.07 Å². The van der Waals surface area contributed by atoms with Crippen molar-refractivity contribution in [2.75, 3.05) is 11.4 Å². The summed E-state index contributed by atoms with van der Waals surface area (Å²) in [6.45, 7) is 0.395. The normalized spacial score (nSPS) is 13.8. The number of amides is 1. The number of carbonyl (C=O) groups is 1. The van der Waals surface area contributed by atoms with Crippen LogP contribution in [-0.4, -0.2) is 32.3 Å². The van der Waals surface area contributed by atoms with Crippen molar-refractivity contribution in [2.45, 2.75) is 12.8 Å². The van der Waals surface area contributed by atoms with Crippen LogP contribution in [0, 0.1) is 10.1 Å². The maximum absolute atomic E-state index is 12.8. The van der Waals surface area contributed by atoms with E-state index in [2.05, 4.69) is 5.10 Å². The van der Waals surface area contributed by atoms with Crippen molar-refractivity contribution < 1.29 is 14.8 Å². The number of nitro groups is 1. The summed E-state index contributed by atoms with van der Waals surface area (Å²) in [4.78, 5) is 24.6. The topological polar surface area (TPSA) is 102 Å². The molecule has 1 aliphatic rings. The highest BCUT2D eigenvalue weighted by Gasteiger charge is 2.33. The van der Waals surface area contributed by atoms with Gasteiger partial charge in [-0.1, -0.05) is 12.1 Å². The third-order valence-electron chi connectivity index (χ3n) is 3.76. The lowest BCUT2D eigenvalue weighted by molar-refractivity contribution is -0.385. The van der Waals surface area contributed by atoms with Gasteiger partial charge in [0.25, 0.3) is 5.91 Å². The molecule has 3 rings (SSSR count). The first-order valence-corrected chi connectivity index (χ1v) is 6.80. The summed E-state index contributed by atoms with van der Waals surface area (Å²) in [5.41, 5.74) is 0.842. The van der Waals surface area contributed by atoms with Crippen LogP contribution in [0.2, 0.25) is 0 Å². The van der Waals surface area contributed by atoms with Gasteiger partial charge in [0.15, 0.2) is 0 Å². The molecule has 0 atom stereocenters. The molecule has 1 amide bonds. The predicted molar refractivity (Wildman–Crippen MR) is 78.0 cm³/mol. The summed E-state index contributed by atoms with van der Waals surface area (Å²) in [5.74, 6) is -0.537. The van der Waals surface area contributed by atoms with Crippen LogP contribution in [0.1, 0.15) is 22.5 Å². The summed E-state index contributed by atoms with van der Waals surface area (Å²) < 4.78 is 1.19. The molecule has 0 aliphatic carbocycles. The molecular weight excluding hydrogens is 288 g/mol. The zero-order valence-electron chi connectivity index (χ0n) is 11.9. The molecule has 0 spiro atoms. The number of aromatic nitrogens is 2. The molecule has 0 saturated heterocycles. The Labute approximate surface area is 125 Å². The Morgan fingerprint density at radius 2 is 2.23 bits per heavy atom. The molecular formula is C14H14N4O4. The second kappa shape index (κ2) is 5.14. The third-order valence-corrected chi connectivity index (χ3v) is 3.76. The van der Waals surface area contributed by atoms with Crippen LogP contribution in [0.4, 0.5) is 11.4 Å². The number of para-hydroxylation sites is 1. The van der Waals surface area contributed by atoms with Crippen molar-refractivity contribution in [3.8, 4) is 5.75 Å². The van der Waals surface area contributed by atoms with Crippen LogP contribution in [0.25, 0.3) is 0 Å². The molecule has 1 aromatic carbocycles. The summed E-state index contributed by atoms with van der Waals surface area (Å²) in [7, 11) is 1.48. The summed E-state index contributed by atoms with van der Waals surface area (Å²) in [6.07, 6.45) is 2.54. The lowest BCUT2D eigenvalue weighted by atomic mass is 10.0. The molecule has 0 saturated carbocycles. The van der Waals surface area contributed by atoms with Crippen LogP contribution in [-0.2, 0) is 13.5 Å². The first-order chi connectivity index (χ1) is 10.5. The second-order valence-electron chi connectivity index (χ2n) is 5.10. The van der Waals surface area contributed by atoms with Gasteiger partial charge in [0.1, 0.15) is 11.9 Å². The van der Waals surface area contributed by atoms with E-state index < -0.39 is 10.8 Å². The lowest BCUT2D eigenvalue weighted by Gasteiger charge is -2.29. The number of nitrogens with zero attached hydrogens (tertiary/aromatic N) is 4. The number of carbonyl (C=O) groups excluding carboxylic acids is 1. The highest BCUT2D eigenvalue weighted by Crippen LogP contribution is 2.36. The van der Waals surface area contributed by atoms with E-state index in [4.69, 9.17) is 0 Å². The van der Waals surface area contributed by atoms with Crippen LogP contribution in [0.5, 0.6) is 5.75 Å². The van der Waals surface area contributed by atoms with Gasteiger partial charge in [-0.05, 0) is 24.5 Å². The first kappa shape index (κ1) is 14.1. The standard InChI is InChI=1S/C14H14N4O4/c1-16-13(10(8-15-16)18(21)22)14(20)17-7-3-5-9-4-2-6-11(19)12(9)17/h2,4,6,8,19H,3,5,7H2,1H3. The highest BCUT2D eigenvalue weighted by atomic mass is 16.6. The summed E-state index contributed by atoms with van der Waals surface area (Å²) in [5, 5.41) is 24.9. The number of fused-ring (bicyclic) bond motifs is 1. The van der Waals surface area contributed by atoms with Gasteiger partial charge < -0.3 is 10.0 Å². The predicted octanol–water partition coefficient (Wildman–Crippen LogP) is 1.63. The molecule has 0 unspecified atom stereocenters. The lowest BCUT2D eigenvalue weighted by Crippen LogP contribution is -2.37. The number of hydrogen-bond acceptors (Lipinski definition) is 5. The SMILES string of the molecule is Cn1ncc([N+](=O)[O-])c1C(=O)N1CCCc2cccc(O)c21. The minimum absolute atomic E-state index is 0.00429. The van der Waals surface area contributed by atoms with E-state index in [-0.39, 0.29) is 17.1 Å². The summed E-state index contributed by atoms with van der Waals surface area (Å²) >= 11 is 0. The van der Waals surface area contributed by atoms with E-state index in [9.17, 15) is 20.0 Å². The Hall–Kier alpha value is -2.90. The zero-order chi connectivity index (χ0) is 15.9. The fourth-order valence-electron chi connectivity index (χ4n) is 2.77. The molecule has 2 aromatic rings. The minimum Gasteiger partial charge on any atom is -0.506 e. The van der Waals surface area contributed by atoms with Crippen molar-refractivity contribution in [3.05, 3.63) is 45.8 Å². The van der Waals surface area contributed by atoms with Crippen molar-refractivity contribution in [1.82, 2.24) is 9.78 Å². The minimum atomic E-state index is -0.629. The van der Waals surface area contributed by atoms with E-state index in [0.29, 0.717) is 12.2 Å². The molecule has 0 radical (unpaired) electrons. The third kappa shape index (κ3) is 2.09. The fraction of sp³-hybridized carbons (Fsp3) is 0.286. The van der Waals surface area contributed by atoms with Crippen LogP contribution < -0.4 is 4.90 Å². The van der Waals surface area contributed by atoms with Gasteiger partial charge in [-0.15, -0.1) is 0 Å². The van der Waals surface area contributed by atoms with Gasteiger partial charge in [0, 0.05) is 13.6 Å². The van der Waals surface area contributed by atoms with Gasteiger partial charge >= 0.3 is 5.69 Å². The molecule has 1 aromatic heterocycles. The van der Waals surface area contributed by atoms with Crippen LogP contribution >= 0.6 is 0 Å². The molecule has 22 heavy (non-hydrogen) atoms. The molecule has 114 valence electrons. The Kier molecular flexibility index (Phi) is 3.28. The Morgan fingerprint density at radius 1 is 1.45 bits per heavy atom. The maximum atomic E-state index is 12.8. The van der Waals surface area contributed by atoms with Gasteiger partial charge in [-0.25, -0.2) is 0 Å². The Bertz CT molecular complexity index is 768. The van der Waals surface area contributed by atoms with Crippen molar-refractivity contribution in [1.29, 1.82) is 0 Å². The van der Waals surface area contributed by atoms with Gasteiger partial charge in [-0.2, -0.15) is 5.10 Å². The number of aromatic hydroxyl groups is 1. The molecule has 8 heteroatoms. The number of phenolic OH excluding ortho intramolecular Hbond substituents is 1. The highest BCUT2D eigenvalue weighted by molar-refractivity contribution is 6.08. The summed E-state index contributed by atoms with van der Waals surface area (Å²) in [6, 6.07) is 5.06. The smallest absolute Gasteiger partial charge is 0.320 e. The van der Waals surface area contributed by atoms with Crippen molar-refractivity contribution in [3.63, 3.8) is 0 Å². The van der Waals surface area contributed by atoms with Crippen molar-refractivity contribution >= 4 is 17.3 Å². The number of anilines is 1. The first-order valence-electron chi connectivity index (χ1n) is 6.80. The van der Waals surface area contributed by atoms with Gasteiger partial charge in [-0.3, -0.25) is 19.6 Å². The van der Waals surface area contributed by atoms with E-state index in [1.165, 1.54) is 22.7 Å². The monoisotopic (exact) mass is 302 g/mol. The molecule has 0 bridgehead atoms. The van der Waals surface area contributed by atoms with Crippen LogP contribution in [0.15, 0.2) is 24.4 Å². The number of aryl methyl sites for hydroxylation is 2. The van der Waals surface area contributed by atoms with Crippen LogP contribution in [0.3, 0.4) is 0 Å². The van der Waals surface area contributed by atoms with Gasteiger partial charge in [0.05, 0.1) is 10.6 Å². The number of hydrogen-bond donors (Lipinski definition) is 1. The number of rotatable bonds is 2. The zero-order valence-corrected chi connectivity index (χ0v) is 11.9. The maximum Gasteiger partial charge on any atom is 0.320 e. The van der Waals surface area contributed by atoms with Crippen molar-refractivity contribution in [2.24, 2.45) is 7.05 Å². The van der Waals surface area contributed by atoms with Gasteiger partial charge in [0.2, 0.25) is 5.69 Å². The van der Waals surface area contributed by atoms with E-state index >= 15 is 0 Å². The van der Waals surface area contributed by atoms with E-state index in [0.717, 1.165) is 24.6 Å². The quantitative estimate of drug-likeness (QED) is 0.671.